The quantitative estimate of drug-likeness (QED) is 0.328. The van der Waals surface area contributed by atoms with Crippen LogP contribution in [-0.4, -0.2) is 82.3 Å². The Labute approximate surface area is 229 Å². The summed E-state index contributed by atoms with van der Waals surface area (Å²) in [6.45, 7) is 5.84. The molecule has 5 rings (SSSR count). The molecule has 0 atom stereocenters. The van der Waals surface area contributed by atoms with E-state index in [0.29, 0.717) is 68.3 Å². The zero-order chi connectivity index (χ0) is 28.1. The molecule has 8 nitrogen and oxygen atoms in total. The van der Waals surface area contributed by atoms with Crippen molar-refractivity contribution in [3.05, 3.63) is 65.7 Å². The first-order chi connectivity index (χ1) is 19.3. The van der Waals surface area contributed by atoms with E-state index in [2.05, 4.69) is 10.2 Å². The Morgan fingerprint density at radius 3 is 2.25 bits per heavy atom. The third kappa shape index (κ3) is 6.55. The fourth-order valence-electron chi connectivity index (χ4n) is 4.87. The molecule has 0 radical (unpaired) electrons. The summed E-state index contributed by atoms with van der Waals surface area (Å²) in [5.41, 5.74) is -0.593. The molecule has 2 saturated heterocycles. The SMILES string of the molecule is O=C(Nc1cc(N2CCOCC2)cc(C(F)(F)F)c1)C(=O)c1ccc(OCCN2CCOCC2)c2ccccc12. The van der Waals surface area contributed by atoms with E-state index in [-0.39, 0.29) is 11.3 Å². The van der Waals surface area contributed by atoms with E-state index in [1.807, 2.05) is 0 Å². The molecule has 1 N–H and O–H groups in total. The van der Waals surface area contributed by atoms with Crippen molar-refractivity contribution in [2.45, 2.75) is 6.18 Å². The highest BCUT2D eigenvalue weighted by molar-refractivity contribution is 6.48. The van der Waals surface area contributed by atoms with Crippen LogP contribution in [0.5, 0.6) is 5.75 Å². The van der Waals surface area contributed by atoms with E-state index in [1.54, 1.807) is 35.2 Å². The minimum Gasteiger partial charge on any atom is -0.492 e. The average molecular weight is 558 g/mol. The molecular weight excluding hydrogens is 527 g/mol. The number of morpholine rings is 2. The fourth-order valence-corrected chi connectivity index (χ4v) is 4.87. The summed E-state index contributed by atoms with van der Waals surface area (Å²) in [5, 5.41) is 3.57. The Morgan fingerprint density at radius 2 is 1.55 bits per heavy atom. The van der Waals surface area contributed by atoms with Crippen molar-refractivity contribution < 1.29 is 37.0 Å². The van der Waals surface area contributed by atoms with Gasteiger partial charge in [-0.1, -0.05) is 24.3 Å². The van der Waals surface area contributed by atoms with Crippen molar-refractivity contribution in [3.8, 4) is 5.75 Å². The number of hydrogen-bond donors (Lipinski definition) is 1. The summed E-state index contributed by atoms with van der Waals surface area (Å²) < 4.78 is 57.6. The molecule has 2 aliphatic rings. The smallest absolute Gasteiger partial charge is 0.416 e. The number of anilines is 2. The number of ether oxygens (including phenoxy) is 3. The Morgan fingerprint density at radius 1 is 0.875 bits per heavy atom. The first-order valence-corrected chi connectivity index (χ1v) is 13.1. The number of carbonyl (C=O) groups is 2. The zero-order valence-corrected chi connectivity index (χ0v) is 21.8. The molecule has 0 unspecified atom stereocenters. The maximum absolute atomic E-state index is 13.6. The highest BCUT2D eigenvalue weighted by Gasteiger charge is 2.32. The average Bonchev–Trinajstić information content (AvgIpc) is 2.97. The van der Waals surface area contributed by atoms with Gasteiger partial charge in [-0.25, -0.2) is 0 Å². The van der Waals surface area contributed by atoms with Gasteiger partial charge in [-0.3, -0.25) is 14.5 Å². The van der Waals surface area contributed by atoms with E-state index < -0.39 is 23.4 Å². The Hall–Kier alpha value is -3.67. The van der Waals surface area contributed by atoms with Gasteiger partial charge in [-0.05, 0) is 35.7 Å². The fraction of sp³-hybridized carbons (Fsp3) is 0.379. The third-order valence-corrected chi connectivity index (χ3v) is 6.98. The molecular formula is C29H30F3N3O5. The lowest BCUT2D eigenvalue weighted by atomic mass is 10.00. The van der Waals surface area contributed by atoms with Crippen molar-refractivity contribution in [1.29, 1.82) is 0 Å². The Bertz CT molecular complexity index is 1370. The molecule has 40 heavy (non-hydrogen) atoms. The van der Waals surface area contributed by atoms with Gasteiger partial charge in [0.15, 0.2) is 0 Å². The lowest BCUT2D eigenvalue weighted by molar-refractivity contribution is -0.137. The molecule has 0 spiro atoms. The number of benzene rings is 3. The van der Waals surface area contributed by atoms with Crippen LogP contribution in [-0.2, 0) is 20.4 Å². The minimum absolute atomic E-state index is 0.109. The molecule has 0 aromatic heterocycles. The van der Waals surface area contributed by atoms with Crippen LogP contribution in [0, 0.1) is 0 Å². The zero-order valence-electron chi connectivity index (χ0n) is 21.8. The van der Waals surface area contributed by atoms with Crippen LogP contribution in [0.2, 0.25) is 0 Å². The van der Waals surface area contributed by atoms with Gasteiger partial charge in [0.05, 0.1) is 32.0 Å². The molecule has 0 saturated carbocycles. The second-order valence-electron chi connectivity index (χ2n) is 9.61. The normalized spacial score (nSPS) is 16.6. The molecule has 11 heteroatoms. The number of nitrogens with one attached hydrogen (secondary N) is 1. The summed E-state index contributed by atoms with van der Waals surface area (Å²) in [6, 6.07) is 13.5. The summed E-state index contributed by atoms with van der Waals surface area (Å²) in [5.74, 6) is -1.31. The first-order valence-electron chi connectivity index (χ1n) is 13.1. The predicted molar refractivity (Wildman–Crippen MR) is 144 cm³/mol. The van der Waals surface area contributed by atoms with E-state index in [9.17, 15) is 22.8 Å². The number of nitrogens with zero attached hydrogens (tertiary/aromatic N) is 2. The third-order valence-electron chi connectivity index (χ3n) is 6.98. The number of hydrogen-bond acceptors (Lipinski definition) is 7. The molecule has 1 amide bonds. The van der Waals surface area contributed by atoms with Crippen LogP contribution in [0.1, 0.15) is 15.9 Å². The number of halogens is 3. The standard InChI is InChI=1S/C29H30F3N3O5/c30-29(31,32)20-17-21(19-22(18-20)35-10-14-39-15-11-35)33-28(37)27(36)25-5-6-26(24-4-2-1-3-23(24)25)40-16-9-34-7-12-38-13-8-34/h1-6,17-19H,7-16H2,(H,33,37). The molecule has 2 fully saturated rings. The van der Waals surface area contributed by atoms with Gasteiger partial charge in [0.25, 0.3) is 11.7 Å². The van der Waals surface area contributed by atoms with Gasteiger partial charge in [0.2, 0.25) is 0 Å². The molecule has 2 aliphatic heterocycles. The number of carbonyl (C=O) groups excluding carboxylic acids is 2. The maximum atomic E-state index is 13.6. The second kappa shape index (κ2) is 12.2. The topological polar surface area (TPSA) is 80.3 Å². The van der Waals surface area contributed by atoms with Crippen molar-refractivity contribution in [2.75, 3.05) is 76.0 Å². The van der Waals surface area contributed by atoms with Crippen LogP contribution in [0.3, 0.4) is 0 Å². The Kier molecular flexibility index (Phi) is 8.53. The number of alkyl halides is 3. The number of rotatable bonds is 8. The molecule has 3 aromatic carbocycles. The summed E-state index contributed by atoms with van der Waals surface area (Å²) >= 11 is 0. The number of amides is 1. The van der Waals surface area contributed by atoms with Crippen LogP contribution < -0.4 is 15.0 Å². The highest BCUT2D eigenvalue weighted by Crippen LogP contribution is 2.35. The molecule has 212 valence electrons. The van der Waals surface area contributed by atoms with Crippen molar-refractivity contribution in [3.63, 3.8) is 0 Å². The predicted octanol–water partition coefficient (Wildman–Crippen LogP) is 4.23. The monoisotopic (exact) mass is 557 g/mol. The molecule has 0 aliphatic carbocycles. The van der Waals surface area contributed by atoms with Gasteiger partial charge in [-0.15, -0.1) is 0 Å². The van der Waals surface area contributed by atoms with Crippen LogP contribution in [0.4, 0.5) is 24.5 Å². The van der Waals surface area contributed by atoms with Gasteiger partial charge >= 0.3 is 6.18 Å². The van der Waals surface area contributed by atoms with E-state index >= 15 is 0 Å². The largest absolute Gasteiger partial charge is 0.492 e. The van der Waals surface area contributed by atoms with Crippen LogP contribution in [0.15, 0.2) is 54.6 Å². The first kappa shape index (κ1) is 27.9. The summed E-state index contributed by atoms with van der Waals surface area (Å²) in [6.07, 6.45) is -4.63. The van der Waals surface area contributed by atoms with E-state index in [4.69, 9.17) is 14.2 Å². The van der Waals surface area contributed by atoms with Gasteiger partial charge in [0, 0.05) is 55.0 Å². The minimum atomic E-state index is -4.63. The summed E-state index contributed by atoms with van der Waals surface area (Å²) in [7, 11) is 0. The molecule has 2 heterocycles. The molecule has 3 aromatic rings. The lowest BCUT2D eigenvalue weighted by Crippen LogP contribution is -2.38. The highest BCUT2D eigenvalue weighted by atomic mass is 19.4. The lowest BCUT2D eigenvalue weighted by Gasteiger charge is -2.29. The molecule has 0 bridgehead atoms. The number of ketones is 1. The van der Waals surface area contributed by atoms with Crippen molar-refractivity contribution >= 4 is 33.8 Å². The van der Waals surface area contributed by atoms with Gasteiger partial charge in [-0.2, -0.15) is 13.2 Å². The van der Waals surface area contributed by atoms with Crippen molar-refractivity contribution in [1.82, 2.24) is 4.90 Å². The van der Waals surface area contributed by atoms with Crippen LogP contribution >= 0.6 is 0 Å². The van der Waals surface area contributed by atoms with E-state index in [1.165, 1.54) is 12.1 Å². The number of Topliss-reactive ketones (excluding diaryl/α,β-unsaturated/α-hetero) is 1. The summed E-state index contributed by atoms with van der Waals surface area (Å²) in [4.78, 5) is 30.3. The number of fused-ring (bicyclic) bond motifs is 1. The van der Waals surface area contributed by atoms with Gasteiger partial charge in [0.1, 0.15) is 12.4 Å². The van der Waals surface area contributed by atoms with Gasteiger partial charge < -0.3 is 24.4 Å². The Balaban J connectivity index is 1.34. The maximum Gasteiger partial charge on any atom is 0.416 e. The van der Waals surface area contributed by atoms with Crippen LogP contribution in [0.25, 0.3) is 10.8 Å². The second-order valence-corrected chi connectivity index (χ2v) is 9.61. The van der Waals surface area contributed by atoms with Crippen molar-refractivity contribution in [2.24, 2.45) is 0 Å². The van der Waals surface area contributed by atoms with E-state index in [0.717, 1.165) is 31.8 Å².